The van der Waals surface area contributed by atoms with Gasteiger partial charge in [-0.25, -0.2) is 0 Å². The molecule has 0 aromatic heterocycles. The molecule has 26 heavy (non-hydrogen) atoms. The van der Waals surface area contributed by atoms with E-state index in [4.69, 9.17) is 0 Å². The molecule has 1 aromatic rings. The number of hydrogen-bond acceptors (Lipinski definition) is 0. The van der Waals surface area contributed by atoms with Crippen molar-refractivity contribution in [3.05, 3.63) is 48.8 Å². The van der Waals surface area contributed by atoms with Crippen LogP contribution in [0.1, 0.15) is 64.2 Å². The summed E-state index contributed by atoms with van der Waals surface area (Å²) in [5, 5.41) is 3.23. The molecule has 0 amide bonds. The van der Waals surface area contributed by atoms with E-state index in [0.29, 0.717) is 0 Å². The third-order valence-electron chi connectivity index (χ3n) is 6.99. The van der Waals surface area contributed by atoms with Crippen molar-refractivity contribution in [1.29, 1.82) is 0 Å². The molecule has 0 nitrogen and oxygen atoms in total. The standard InChI is InChI=1S/C24H38Si2/c1-3-25(19-21-11-7-5-8-12-21)23-15-17-24(18-16-23)26(4-2)20-22-13-9-6-10-14-22/h3-4,15-18,21-22,25-26H,1-2,5-14,19-20H2. The maximum absolute atomic E-state index is 4.21. The largest absolute Gasteiger partial charge is 0.107 e. The molecule has 0 radical (unpaired) electrons. The predicted molar refractivity (Wildman–Crippen MR) is 123 cm³/mol. The van der Waals surface area contributed by atoms with E-state index in [-0.39, 0.29) is 0 Å². The van der Waals surface area contributed by atoms with Gasteiger partial charge in [0, 0.05) is 0 Å². The van der Waals surface area contributed by atoms with E-state index in [1.54, 1.807) is 10.4 Å². The van der Waals surface area contributed by atoms with Crippen molar-refractivity contribution in [2.45, 2.75) is 76.3 Å². The van der Waals surface area contributed by atoms with Gasteiger partial charge in [-0.3, -0.25) is 0 Å². The molecule has 2 aliphatic carbocycles. The quantitative estimate of drug-likeness (QED) is 0.544. The molecule has 0 spiro atoms. The van der Waals surface area contributed by atoms with Crippen molar-refractivity contribution in [2.75, 3.05) is 0 Å². The lowest BCUT2D eigenvalue weighted by atomic mass is 9.91. The first kappa shape index (κ1) is 19.9. The molecule has 2 aliphatic rings. The Balaban J connectivity index is 1.61. The molecule has 2 fully saturated rings. The van der Waals surface area contributed by atoms with Crippen molar-refractivity contribution in [2.24, 2.45) is 11.8 Å². The van der Waals surface area contributed by atoms with E-state index in [9.17, 15) is 0 Å². The first-order chi connectivity index (χ1) is 12.8. The van der Waals surface area contributed by atoms with Gasteiger partial charge in [-0.1, -0.05) is 98.8 Å². The summed E-state index contributed by atoms with van der Waals surface area (Å²) in [7, 11) is -1.98. The molecule has 142 valence electrons. The smallest absolute Gasteiger partial charge is 0.0936 e. The Kier molecular flexibility index (Phi) is 8.00. The zero-order valence-corrected chi connectivity index (χ0v) is 19.0. The SMILES string of the molecule is C=C[SiH](CC1CCCCC1)c1ccc([SiH](C=C)CC2CCCCC2)cc1. The van der Waals surface area contributed by atoms with Crippen molar-refractivity contribution in [3.8, 4) is 0 Å². The van der Waals surface area contributed by atoms with Crippen LogP contribution in [0.15, 0.2) is 48.8 Å². The zero-order valence-electron chi connectivity index (χ0n) is 16.7. The van der Waals surface area contributed by atoms with Crippen LogP contribution in [0.3, 0.4) is 0 Å². The Bertz CT molecular complexity index is 499. The minimum atomic E-state index is -0.989. The Labute approximate surface area is 165 Å². The number of rotatable bonds is 8. The lowest BCUT2D eigenvalue weighted by Gasteiger charge is -2.26. The van der Waals surface area contributed by atoms with E-state index in [1.807, 2.05) is 0 Å². The normalized spacial score (nSPS) is 21.8. The van der Waals surface area contributed by atoms with E-state index in [0.717, 1.165) is 11.8 Å². The molecule has 3 rings (SSSR count). The average molecular weight is 383 g/mol. The molecule has 2 saturated carbocycles. The summed E-state index contributed by atoms with van der Waals surface area (Å²) in [6.45, 7) is 8.42. The fraction of sp³-hybridized carbons (Fsp3) is 0.583. The summed E-state index contributed by atoms with van der Waals surface area (Å²) >= 11 is 0. The van der Waals surface area contributed by atoms with Gasteiger partial charge in [-0.2, -0.15) is 0 Å². The van der Waals surface area contributed by atoms with Crippen LogP contribution < -0.4 is 10.4 Å². The number of hydrogen-bond donors (Lipinski definition) is 0. The predicted octanol–water partition coefficient (Wildman–Crippen LogP) is 5.17. The highest BCUT2D eigenvalue weighted by molar-refractivity contribution is 6.79. The van der Waals surface area contributed by atoms with Gasteiger partial charge < -0.3 is 0 Å². The maximum atomic E-state index is 4.21. The summed E-state index contributed by atoms with van der Waals surface area (Å²) in [4.78, 5) is 0. The van der Waals surface area contributed by atoms with Gasteiger partial charge in [-0.15, -0.1) is 24.6 Å². The van der Waals surface area contributed by atoms with Crippen molar-refractivity contribution in [1.82, 2.24) is 0 Å². The van der Waals surface area contributed by atoms with Gasteiger partial charge >= 0.3 is 0 Å². The number of benzene rings is 1. The van der Waals surface area contributed by atoms with Crippen LogP contribution in [0.2, 0.25) is 12.1 Å². The van der Waals surface area contributed by atoms with Crippen LogP contribution in [-0.2, 0) is 0 Å². The molecular formula is C24H38Si2. The second kappa shape index (κ2) is 10.5. The van der Waals surface area contributed by atoms with E-state index in [1.165, 1.54) is 76.3 Å². The zero-order chi connectivity index (χ0) is 18.2. The second-order valence-electron chi connectivity index (χ2n) is 8.83. The second-order valence-corrected chi connectivity index (χ2v) is 14.5. The first-order valence-corrected chi connectivity index (χ1v) is 15.3. The Morgan fingerprint density at radius 1 is 0.654 bits per heavy atom. The highest BCUT2D eigenvalue weighted by Crippen LogP contribution is 2.29. The van der Waals surface area contributed by atoms with Crippen LogP contribution in [-0.4, -0.2) is 17.6 Å². The van der Waals surface area contributed by atoms with E-state index >= 15 is 0 Å². The highest BCUT2D eigenvalue weighted by Gasteiger charge is 2.21. The van der Waals surface area contributed by atoms with Crippen LogP contribution in [0.4, 0.5) is 0 Å². The molecule has 0 bridgehead atoms. The molecular weight excluding hydrogens is 344 g/mol. The maximum Gasteiger partial charge on any atom is 0.0936 e. The van der Waals surface area contributed by atoms with Gasteiger partial charge in [0.15, 0.2) is 0 Å². The monoisotopic (exact) mass is 382 g/mol. The van der Waals surface area contributed by atoms with Gasteiger partial charge in [0.05, 0.1) is 17.6 Å². The van der Waals surface area contributed by atoms with Crippen LogP contribution in [0.5, 0.6) is 0 Å². The summed E-state index contributed by atoms with van der Waals surface area (Å²) in [5.41, 5.74) is 4.65. The summed E-state index contributed by atoms with van der Waals surface area (Å²) in [6.07, 6.45) is 14.6. The summed E-state index contributed by atoms with van der Waals surface area (Å²) in [5.74, 6) is 1.94. The van der Waals surface area contributed by atoms with Crippen LogP contribution in [0, 0.1) is 11.8 Å². The van der Waals surface area contributed by atoms with Gasteiger partial charge in [0.25, 0.3) is 0 Å². The fourth-order valence-corrected chi connectivity index (χ4v) is 10.5. The Hall–Kier alpha value is -0.866. The van der Waals surface area contributed by atoms with Crippen molar-refractivity contribution < 1.29 is 0 Å². The Morgan fingerprint density at radius 2 is 1.00 bits per heavy atom. The fourth-order valence-electron chi connectivity index (χ4n) is 5.29. The minimum Gasteiger partial charge on any atom is -0.107 e. The molecule has 0 N–H and O–H groups in total. The summed E-state index contributed by atoms with van der Waals surface area (Å²) in [6, 6.07) is 12.7. The van der Waals surface area contributed by atoms with Gasteiger partial charge in [0.2, 0.25) is 0 Å². The molecule has 0 heterocycles. The molecule has 1 aromatic carbocycles. The molecule has 2 unspecified atom stereocenters. The van der Waals surface area contributed by atoms with Crippen LogP contribution >= 0.6 is 0 Å². The lowest BCUT2D eigenvalue weighted by molar-refractivity contribution is 0.384. The van der Waals surface area contributed by atoms with Crippen LogP contribution in [0.25, 0.3) is 0 Å². The minimum absolute atomic E-state index is 0.972. The average Bonchev–Trinajstić information content (AvgIpc) is 2.72. The van der Waals surface area contributed by atoms with Gasteiger partial charge in [0.1, 0.15) is 0 Å². The van der Waals surface area contributed by atoms with Crippen molar-refractivity contribution >= 4 is 28.0 Å². The topological polar surface area (TPSA) is 0 Å². The molecule has 2 atom stereocenters. The molecule has 2 heteroatoms. The Morgan fingerprint density at radius 3 is 1.31 bits per heavy atom. The highest BCUT2D eigenvalue weighted by atomic mass is 28.3. The van der Waals surface area contributed by atoms with E-state index < -0.39 is 17.6 Å². The summed E-state index contributed by atoms with van der Waals surface area (Å²) < 4.78 is 0. The molecule has 0 saturated heterocycles. The van der Waals surface area contributed by atoms with E-state index in [2.05, 4.69) is 48.8 Å². The third kappa shape index (κ3) is 5.56. The van der Waals surface area contributed by atoms with Crippen molar-refractivity contribution in [3.63, 3.8) is 0 Å². The van der Waals surface area contributed by atoms with Gasteiger partial charge in [-0.05, 0) is 23.9 Å². The lowest BCUT2D eigenvalue weighted by Crippen LogP contribution is -2.35. The first-order valence-electron chi connectivity index (χ1n) is 11.1. The third-order valence-corrected chi connectivity index (χ3v) is 13.0. The molecule has 0 aliphatic heterocycles.